The van der Waals surface area contributed by atoms with Gasteiger partial charge in [0.25, 0.3) is 0 Å². The first-order valence-corrected chi connectivity index (χ1v) is 25.9. The van der Waals surface area contributed by atoms with Gasteiger partial charge in [-0.2, -0.15) is 0 Å². The van der Waals surface area contributed by atoms with Crippen molar-refractivity contribution < 1.29 is 58.2 Å². The van der Waals surface area contributed by atoms with Crippen LogP contribution in [-0.2, 0) is 47.9 Å². The fraction of sp³-hybridized carbons (Fsp3) is 0.776. The summed E-state index contributed by atoms with van der Waals surface area (Å²) in [5.41, 5.74) is 17.1. The molecule has 9 atom stereocenters. The van der Waals surface area contributed by atoms with Crippen molar-refractivity contribution in [3.05, 3.63) is 0 Å². The highest BCUT2D eigenvalue weighted by Crippen LogP contribution is 2.28. The highest BCUT2D eigenvalue weighted by atomic mass is 16.4. The Bertz CT molecular complexity index is 1990. The van der Waals surface area contributed by atoms with E-state index in [0.717, 1.165) is 0 Å². The number of rotatable bonds is 28. The molecule has 3 saturated heterocycles. The molecule has 0 aromatic carbocycles. The number of amides is 8. The van der Waals surface area contributed by atoms with Gasteiger partial charge >= 0.3 is 11.9 Å². The van der Waals surface area contributed by atoms with Crippen molar-refractivity contribution in [3.63, 3.8) is 0 Å². The number of hydrogen-bond acceptors (Lipinski definition) is 12. The summed E-state index contributed by atoms with van der Waals surface area (Å²) in [5, 5.41) is 32.5. The van der Waals surface area contributed by atoms with E-state index in [4.69, 9.17) is 17.2 Å². The van der Waals surface area contributed by atoms with Gasteiger partial charge in [-0.25, -0.2) is 4.79 Å². The Balaban J connectivity index is 1.80. The molecule has 0 aromatic rings. The van der Waals surface area contributed by atoms with Crippen LogP contribution in [0.4, 0.5) is 0 Å². The third-order valence-corrected chi connectivity index (χ3v) is 13.1. The van der Waals surface area contributed by atoms with Crippen molar-refractivity contribution in [1.82, 2.24) is 41.3 Å². The number of carbonyl (C=O) groups excluding carboxylic acids is 8. The fourth-order valence-electron chi connectivity index (χ4n) is 9.70. The lowest BCUT2D eigenvalue weighted by Gasteiger charge is -2.34. The van der Waals surface area contributed by atoms with Gasteiger partial charge in [0.2, 0.25) is 47.3 Å². The molecule has 3 heterocycles. The molecule has 0 aromatic heterocycles. The molecule has 24 nitrogen and oxygen atoms in total. The van der Waals surface area contributed by atoms with Crippen LogP contribution < -0.4 is 43.8 Å². The standard InChI is InChI=1S/C49H84N12O12/c1-26(2)21-30(50)45(69)59-18-10-14-36(59)44(68)57-34(23-28(5)6)46(70)61-20-12-16-38(61)47(71)60-19-11-15-37(60)43(67)56-32(22-27(3)4)41(65)55-33(25-39(62)63)42(66)54-31(13-9-17-53-49(51)52)40(64)58-35(48(72)73)24-29(7)8/h26-38H,9-25,50H2,1-8H3,(H,54,66)(H,55,65)(H,56,67)(H,57,68)(H,58,64)(H,62,63)(H,72,73)(H4,51,52,53)/t30-,31-,32-,33-,34-,35-,36-,37-,38-/m0/s1. The smallest absolute Gasteiger partial charge is 0.326 e. The first kappa shape index (κ1) is 61.2. The Morgan fingerprint density at radius 3 is 1.48 bits per heavy atom. The predicted octanol–water partition coefficient (Wildman–Crippen LogP) is -0.492. The summed E-state index contributed by atoms with van der Waals surface area (Å²) in [5.74, 6) is -8.44. The van der Waals surface area contributed by atoms with E-state index in [1.807, 2.05) is 27.7 Å². The highest BCUT2D eigenvalue weighted by Gasteiger charge is 2.45. The lowest BCUT2D eigenvalue weighted by Crippen LogP contribution is -2.60. The van der Waals surface area contributed by atoms with Crippen LogP contribution >= 0.6 is 0 Å². The van der Waals surface area contributed by atoms with E-state index in [-0.39, 0.29) is 93.7 Å². The lowest BCUT2D eigenvalue weighted by atomic mass is 10.0. The highest BCUT2D eigenvalue weighted by molar-refractivity contribution is 5.99. The van der Waals surface area contributed by atoms with Gasteiger partial charge in [0.05, 0.1) is 12.5 Å². The molecular formula is C49H84N12O12. The van der Waals surface area contributed by atoms with Crippen LogP contribution in [0.1, 0.15) is 139 Å². The number of carbonyl (C=O) groups is 10. The van der Waals surface area contributed by atoms with E-state index in [0.29, 0.717) is 45.1 Å². The Hall–Kier alpha value is -6.07. The topological polar surface area (TPSA) is 371 Å². The average molecular weight is 1030 g/mol. The van der Waals surface area contributed by atoms with Crippen molar-refractivity contribution >= 4 is 65.2 Å². The Kier molecular flexibility index (Phi) is 24.3. The van der Waals surface area contributed by atoms with Crippen molar-refractivity contribution in [2.45, 2.75) is 193 Å². The third kappa shape index (κ3) is 19.1. The summed E-state index contributed by atoms with van der Waals surface area (Å²) in [6.45, 7) is 15.6. The third-order valence-electron chi connectivity index (χ3n) is 13.1. The number of carboxylic acids is 2. The van der Waals surface area contributed by atoms with E-state index in [9.17, 15) is 58.2 Å². The molecular weight excluding hydrogens is 949 g/mol. The maximum Gasteiger partial charge on any atom is 0.326 e. The van der Waals surface area contributed by atoms with Crippen molar-refractivity contribution in [2.24, 2.45) is 45.9 Å². The van der Waals surface area contributed by atoms with Crippen LogP contribution in [-0.4, -0.2) is 171 Å². The molecule has 0 saturated carbocycles. The van der Waals surface area contributed by atoms with Crippen molar-refractivity contribution in [1.29, 1.82) is 0 Å². The van der Waals surface area contributed by atoms with Gasteiger partial charge in [0, 0.05) is 26.2 Å². The maximum absolute atomic E-state index is 14.5. The average Bonchev–Trinajstić information content (AvgIpc) is 4.10. The van der Waals surface area contributed by atoms with Crippen LogP contribution in [0.2, 0.25) is 0 Å². The minimum atomic E-state index is -1.76. The molecule has 73 heavy (non-hydrogen) atoms. The molecule has 0 spiro atoms. The summed E-state index contributed by atoms with van der Waals surface area (Å²) in [4.78, 5) is 144. The van der Waals surface area contributed by atoms with E-state index in [1.54, 1.807) is 27.7 Å². The van der Waals surface area contributed by atoms with Crippen LogP contribution in [0.15, 0.2) is 4.99 Å². The molecule has 412 valence electrons. The summed E-state index contributed by atoms with van der Waals surface area (Å²) in [7, 11) is 0. The summed E-state index contributed by atoms with van der Waals surface area (Å²) in [6.07, 6.45) is 2.41. The van der Waals surface area contributed by atoms with E-state index >= 15 is 0 Å². The lowest BCUT2D eigenvalue weighted by molar-refractivity contribution is -0.148. The molecule has 0 bridgehead atoms. The second-order valence-electron chi connectivity index (χ2n) is 21.4. The van der Waals surface area contributed by atoms with Gasteiger partial charge in [-0.15, -0.1) is 0 Å². The van der Waals surface area contributed by atoms with E-state index in [2.05, 4.69) is 31.6 Å². The van der Waals surface area contributed by atoms with Gasteiger partial charge in [0.15, 0.2) is 5.96 Å². The van der Waals surface area contributed by atoms with Gasteiger partial charge < -0.3 is 68.7 Å². The van der Waals surface area contributed by atoms with Crippen LogP contribution in [0, 0.1) is 23.7 Å². The quantitative estimate of drug-likeness (QED) is 0.0269. The number of likely N-dealkylation sites (tertiary alicyclic amines) is 3. The van der Waals surface area contributed by atoms with Crippen LogP contribution in [0.5, 0.6) is 0 Å². The zero-order valence-electron chi connectivity index (χ0n) is 44.0. The molecule has 3 fully saturated rings. The van der Waals surface area contributed by atoms with E-state index in [1.165, 1.54) is 14.7 Å². The number of hydrogen-bond donors (Lipinski definition) is 10. The number of guanidine groups is 1. The van der Waals surface area contributed by atoms with Gasteiger partial charge in [-0.3, -0.25) is 48.1 Å². The first-order valence-electron chi connectivity index (χ1n) is 25.9. The van der Waals surface area contributed by atoms with Crippen LogP contribution in [0.25, 0.3) is 0 Å². The molecule has 0 aliphatic carbocycles. The van der Waals surface area contributed by atoms with Gasteiger partial charge in [-0.1, -0.05) is 55.4 Å². The van der Waals surface area contributed by atoms with Gasteiger partial charge in [0.1, 0.15) is 48.3 Å². The van der Waals surface area contributed by atoms with E-state index < -0.39 is 114 Å². The molecule has 24 heteroatoms. The monoisotopic (exact) mass is 1030 g/mol. The zero-order chi connectivity index (χ0) is 54.9. The molecule has 13 N–H and O–H groups in total. The number of aliphatic imine (C=N–C) groups is 1. The minimum Gasteiger partial charge on any atom is -0.481 e. The largest absolute Gasteiger partial charge is 0.481 e. The van der Waals surface area contributed by atoms with Crippen molar-refractivity contribution in [2.75, 3.05) is 26.2 Å². The molecule has 8 amide bonds. The second-order valence-corrected chi connectivity index (χ2v) is 21.4. The predicted molar refractivity (Wildman–Crippen MR) is 269 cm³/mol. The second kappa shape index (κ2) is 29.0. The van der Waals surface area contributed by atoms with Crippen molar-refractivity contribution in [3.8, 4) is 0 Å². The SMILES string of the molecule is CC(C)C[C@H](NC(=O)[C@H](CCCN=C(N)N)NC(=O)[C@H](CC(=O)O)NC(=O)[C@H](CC(C)C)NC(=O)[C@@H]1CCCN1C(=O)[C@@H]1CCCN1C(=O)[C@H](CC(C)C)NC(=O)[C@@H]1CCCN1C(=O)[C@@H](N)CC(C)C)C(=O)O. The maximum atomic E-state index is 14.5. The summed E-state index contributed by atoms with van der Waals surface area (Å²) >= 11 is 0. The number of nitrogens with two attached hydrogens (primary N) is 3. The first-order chi connectivity index (χ1) is 34.2. The van der Waals surface area contributed by atoms with Gasteiger partial charge in [-0.05, 0) is 101 Å². The number of aliphatic carboxylic acids is 2. The number of carboxylic acid groups (broad SMARTS) is 2. The molecule has 3 aliphatic heterocycles. The minimum absolute atomic E-state index is 0.0347. The Morgan fingerprint density at radius 1 is 0.534 bits per heavy atom. The molecule has 3 rings (SSSR count). The Labute approximate surface area is 428 Å². The normalized spacial score (nSPS) is 20.2. The molecule has 3 aliphatic rings. The zero-order valence-corrected chi connectivity index (χ0v) is 44.0. The Morgan fingerprint density at radius 2 is 0.959 bits per heavy atom. The number of nitrogens with one attached hydrogen (secondary N) is 5. The summed E-state index contributed by atoms with van der Waals surface area (Å²) < 4.78 is 0. The molecule has 0 unspecified atom stereocenters. The number of nitrogens with zero attached hydrogens (tertiary/aromatic N) is 4. The fourth-order valence-corrected chi connectivity index (χ4v) is 9.70. The molecule has 0 radical (unpaired) electrons. The van der Waals surface area contributed by atoms with Crippen LogP contribution in [0.3, 0.4) is 0 Å². The summed E-state index contributed by atoms with van der Waals surface area (Å²) in [6, 6.07) is -10.3.